The average Bonchev–Trinajstić information content (AvgIpc) is 2.12. The first-order valence-corrected chi connectivity index (χ1v) is 2.22. The predicted octanol–water partition coefficient (Wildman–Crippen LogP) is 0.343. The normalized spacial score (nSPS) is 9.12. The van der Waals surface area contributed by atoms with Gasteiger partial charge in [0.25, 0.3) is 0 Å². The second kappa shape index (κ2) is 1.78. The maximum Gasteiger partial charge on any atom is 0.243 e. The fourth-order valence-electron chi connectivity index (χ4n) is 0.405. The quantitative estimate of drug-likeness (QED) is 0.481. The van der Waals surface area contributed by atoms with E-state index in [1.807, 2.05) is 0 Å². The van der Waals surface area contributed by atoms with Gasteiger partial charge in [0.15, 0.2) is 0 Å². The van der Waals surface area contributed by atoms with E-state index < -0.39 is 0 Å². The first-order valence-electron chi connectivity index (χ1n) is 2.22. The maximum absolute atomic E-state index is 10.4. The molecule has 0 aromatic carbocycles. The van der Waals surface area contributed by atoms with Gasteiger partial charge in [-0.05, 0) is 0 Å². The summed E-state index contributed by atoms with van der Waals surface area (Å²) in [7, 11) is 0. The molecular formula is C5H5N2O. The van der Waals surface area contributed by atoms with Gasteiger partial charge in [0.05, 0.1) is 6.20 Å². The maximum atomic E-state index is 10.4. The molecule has 1 aromatic heterocycles. The van der Waals surface area contributed by atoms with E-state index in [9.17, 15) is 4.79 Å². The first kappa shape index (κ1) is 5.03. The monoisotopic (exact) mass is 109 g/mol. The van der Waals surface area contributed by atoms with Crippen molar-refractivity contribution in [1.82, 2.24) is 9.78 Å². The van der Waals surface area contributed by atoms with Gasteiger partial charge in [0.2, 0.25) is 5.91 Å². The van der Waals surface area contributed by atoms with Gasteiger partial charge in [-0.2, -0.15) is 5.10 Å². The highest BCUT2D eigenvalue weighted by atomic mass is 16.2. The summed E-state index contributed by atoms with van der Waals surface area (Å²) >= 11 is 0. The van der Waals surface area contributed by atoms with Crippen LogP contribution in [0.2, 0.25) is 0 Å². The third kappa shape index (κ3) is 0.753. The minimum Gasteiger partial charge on any atom is -0.273 e. The minimum atomic E-state index is -0.0914. The van der Waals surface area contributed by atoms with Gasteiger partial charge in [0.1, 0.15) is 0 Å². The van der Waals surface area contributed by atoms with Crippen molar-refractivity contribution in [3.05, 3.63) is 18.5 Å². The van der Waals surface area contributed by atoms with Crippen LogP contribution < -0.4 is 0 Å². The van der Waals surface area contributed by atoms with Gasteiger partial charge < -0.3 is 0 Å². The van der Waals surface area contributed by atoms with Crippen LogP contribution in [0.15, 0.2) is 12.4 Å². The Hall–Kier alpha value is -1.12. The lowest BCUT2D eigenvalue weighted by atomic mass is 10.7. The number of carbonyl (C=O) groups excluding carboxylic acids is 1. The van der Waals surface area contributed by atoms with E-state index in [1.165, 1.54) is 24.0 Å². The van der Waals surface area contributed by atoms with Crippen LogP contribution in [0.1, 0.15) is 11.7 Å². The van der Waals surface area contributed by atoms with E-state index in [-0.39, 0.29) is 5.91 Å². The van der Waals surface area contributed by atoms with E-state index in [1.54, 1.807) is 0 Å². The van der Waals surface area contributed by atoms with Crippen LogP contribution in [0.3, 0.4) is 0 Å². The lowest BCUT2D eigenvalue weighted by molar-refractivity contribution is 0.0921. The average molecular weight is 109 g/mol. The zero-order chi connectivity index (χ0) is 5.98. The summed E-state index contributed by atoms with van der Waals surface area (Å²) in [6.45, 7) is 1.45. The van der Waals surface area contributed by atoms with Crippen molar-refractivity contribution in [2.45, 2.75) is 6.92 Å². The Morgan fingerprint density at radius 1 is 1.88 bits per heavy atom. The molecule has 1 heterocycles. The summed E-state index contributed by atoms with van der Waals surface area (Å²) in [5, 5.41) is 3.63. The Labute approximate surface area is 46.9 Å². The number of hydrogen-bond acceptors (Lipinski definition) is 2. The molecule has 0 bridgehead atoms. The summed E-state index contributed by atoms with van der Waals surface area (Å²) in [6.07, 6.45) is 2.93. The zero-order valence-electron chi connectivity index (χ0n) is 4.46. The van der Waals surface area contributed by atoms with Crippen molar-refractivity contribution < 1.29 is 4.79 Å². The smallest absolute Gasteiger partial charge is 0.243 e. The molecule has 3 heteroatoms. The number of hydrogen-bond donors (Lipinski definition) is 0. The zero-order valence-corrected chi connectivity index (χ0v) is 4.46. The molecule has 41 valence electrons. The molecule has 1 aromatic rings. The lowest BCUT2D eigenvalue weighted by Crippen LogP contribution is -2.04. The molecular weight excluding hydrogens is 104 g/mol. The number of nitrogens with zero attached hydrogens (tertiary/aromatic N) is 2. The molecule has 1 radical (unpaired) electrons. The van der Waals surface area contributed by atoms with Gasteiger partial charge >= 0.3 is 0 Å². The van der Waals surface area contributed by atoms with Crippen LogP contribution in [0, 0.1) is 6.07 Å². The molecule has 0 saturated heterocycles. The Bertz CT molecular complexity index is 178. The Kier molecular flexibility index (Phi) is 1.12. The van der Waals surface area contributed by atoms with Crippen LogP contribution in [-0.2, 0) is 0 Å². The molecule has 1 rings (SSSR count). The van der Waals surface area contributed by atoms with Crippen molar-refractivity contribution in [2.75, 3.05) is 0 Å². The fourth-order valence-corrected chi connectivity index (χ4v) is 0.405. The van der Waals surface area contributed by atoms with E-state index in [0.29, 0.717) is 0 Å². The SMILES string of the molecule is CC(=O)n1c[c]cn1. The second-order valence-electron chi connectivity index (χ2n) is 1.40. The summed E-state index contributed by atoms with van der Waals surface area (Å²) in [6, 6.07) is 2.64. The lowest BCUT2D eigenvalue weighted by Gasteiger charge is -1.86. The van der Waals surface area contributed by atoms with Crippen molar-refractivity contribution in [3.8, 4) is 0 Å². The molecule has 0 saturated carbocycles. The van der Waals surface area contributed by atoms with Gasteiger partial charge in [-0.25, -0.2) is 4.68 Å². The van der Waals surface area contributed by atoms with Crippen LogP contribution in [0.5, 0.6) is 0 Å². The van der Waals surface area contributed by atoms with Gasteiger partial charge in [-0.1, -0.05) is 0 Å². The van der Waals surface area contributed by atoms with Gasteiger partial charge in [-0.3, -0.25) is 4.79 Å². The molecule has 0 atom stereocenters. The minimum absolute atomic E-state index is 0.0914. The van der Waals surface area contributed by atoms with Crippen molar-refractivity contribution in [3.63, 3.8) is 0 Å². The van der Waals surface area contributed by atoms with Gasteiger partial charge in [0, 0.05) is 19.2 Å². The molecule has 0 amide bonds. The molecule has 0 unspecified atom stereocenters. The summed E-state index contributed by atoms with van der Waals surface area (Å²) in [5.74, 6) is -0.0914. The number of rotatable bonds is 0. The molecule has 0 spiro atoms. The first-order chi connectivity index (χ1) is 3.80. The molecule has 3 nitrogen and oxygen atoms in total. The second-order valence-corrected chi connectivity index (χ2v) is 1.40. The Morgan fingerprint density at radius 3 is 2.88 bits per heavy atom. The number of aromatic nitrogens is 2. The van der Waals surface area contributed by atoms with Crippen LogP contribution >= 0.6 is 0 Å². The van der Waals surface area contributed by atoms with E-state index in [0.717, 1.165) is 0 Å². The highest BCUT2D eigenvalue weighted by Crippen LogP contribution is 1.80. The van der Waals surface area contributed by atoms with Crippen molar-refractivity contribution in [2.24, 2.45) is 0 Å². The molecule has 0 aliphatic rings. The molecule has 0 fully saturated rings. The summed E-state index contributed by atoms with van der Waals surface area (Å²) < 4.78 is 1.22. The third-order valence-electron chi connectivity index (χ3n) is 0.776. The molecule has 8 heavy (non-hydrogen) atoms. The highest BCUT2D eigenvalue weighted by molar-refractivity contribution is 5.74. The standard InChI is InChI=1S/C5H5N2O/c1-5(8)7-4-2-3-6-7/h3-4H,1H3. The molecule has 0 aliphatic heterocycles. The van der Waals surface area contributed by atoms with Crippen LogP contribution in [0.25, 0.3) is 0 Å². The van der Waals surface area contributed by atoms with E-state index >= 15 is 0 Å². The van der Waals surface area contributed by atoms with Gasteiger partial charge in [-0.15, -0.1) is 0 Å². The molecule has 0 aliphatic carbocycles. The van der Waals surface area contributed by atoms with Crippen molar-refractivity contribution in [1.29, 1.82) is 0 Å². The summed E-state index contributed by atoms with van der Waals surface area (Å²) in [5.41, 5.74) is 0. The summed E-state index contributed by atoms with van der Waals surface area (Å²) in [4.78, 5) is 10.4. The fraction of sp³-hybridized carbons (Fsp3) is 0.200. The van der Waals surface area contributed by atoms with Crippen LogP contribution in [-0.4, -0.2) is 15.7 Å². The van der Waals surface area contributed by atoms with Crippen LogP contribution in [0.4, 0.5) is 0 Å². The number of carbonyl (C=O) groups is 1. The van der Waals surface area contributed by atoms with Crippen molar-refractivity contribution >= 4 is 5.91 Å². The molecule has 0 N–H and O–H groups in total. The topological polar surface area (TPSA) is 34.9 Å². The largest absolute Gasteiger partial charge is 0.273 e. The van der Waals surface area contributed by atoms with E-state index in [2.05, 4.69) is 11.2 Å². The Balaban J connectivity index is 2.93. The third-order valence-corrected chi connectivity index (χ3v) is 0.776. The van der Waals surface area contributed by atoms with E-state index in [4.69, 9.17) is 0 Å². The highest BCUT2D eigenvalue weighted by Gasteiger charge is 1.91. The predicted molar refractivity (Wildman–Crippen MR) is 27.4 cm³/mol. The Morgan fingerprint density at radius 2 is 2.62 bits per heavy atom.